The molecule has 2 radical (unpaired) electrons. The Morgan fingerprint density at radius 1 is 1.69 bits per heavy atom. The van der Waals surface area contributed by atoms with Gasteiger partial charge in [-0.25, -0.2) is 0 Å². The van der Waals surface area contributed by atoms with Gasteiger partial charge in [0.15, 0.2) is 0 Å². The zero-order valence-electron chi connectivity index (χ0n) is 7.68. The monoisotopic (exact) mass is 186 g/mol. The van der Waals surface area contributed by atoms with Gasteiger partial charge in [0, 0.05) is 5.92 Å². The molecule has 4 nitrogen and oxygen atoms in total. The Kier molecular flexibility index (Phi) is 3.35. The Morgan fingerprint density at radius 3 is 2.77 bits per heavy atom. The summed E-state index contributed by atoms with van der Waals surface area (Å²) in [6.45, 7) is 1.49. The lowest BCUT2D eigenvalue weighted by Crippen LogP contribution is -2.58. The second-order valence-corrected chi connectivity index (χ2v) is 3.74. The summed E-state index contributed by atoms with van der Waals surface area (Å²) in [4.78, 5) is 0. The average molecular weight is 186 g/mol. The number of hydrogen-bond acceptors (Lipinski definition) is 4. The number of hydrogen-bond donors (Lipinski definition) is 3. The molecule has 0 aliphatic carbocycles. The number of aliphatic hydroxyl groups is 3. The molecule has 0 amide bonds. The molecular formula is C8H15BO4. The van der Waals surface area contributed by atoms with E-state index in [4.69, 9.17) is 17.7 Å². The maximum atomic E-state index is 9.69. The predicted molar refractivity (Wildman–Crippen MR) is 47.5 cm³/mol. The molecule has 0 aromatic heterocycles. The molecule has 0 spiro atoms. The first-order valence-corrected chi connectivity index (χ1v) is 4.36. The van der Waals surface area contributed by atoms with Crippen LogP contribution in [0.5, 0.6) is 0 Å². The quantitative estimate of drug-likeness (QED) is 0.468. The molecule has 1 saturated heterocycles. The molecule has 74 valence electrons. The van der Waals surface area contributed by atoms with Crippen molar-refractivity contribution in [1.82, 2.24) is 0 Å². The van der Waals surface area contributed by atoms with Crippen molar-refractivity contribution < 1.29 is 20.1 Å². The summed E-state index contributed by atoms with van der Waals surface area (Å²) in [5, 5.41) is 28.3. The van der Waals surface area contributed by atoms with E-state index in [1.807, 2.05) is 0 Å². The molecule has 3 N–H and O–H groups in total. The van der Waals surface area contributed by atoms with Crippen molar-refractivity contribution in [2.75, 3.05) is 19.8 Å². The topological polar surface area (TPSA) is 69.9 Å². The van der Waals surface area contributed by atoms with Crippen molar-refractivity contribution in [3.63, 3.8) is 0 Å². The lowest BCUT2D eigenvalue weighted by Gasteiger charge is -2.42. The highest BCUT2D eigenvalue weighted by Crippen LogP contribution is 2.30. The van der Waals surface area contributed by atoms with Crippen LogP contribution >= 0.6 is 0 Å². The molecule has 0 aromatic carbocycles. The maximum Gasteiger partial charge on any atom is 0.137 e. The van der Waals surface area contributed by atoms with Gasteiger partial charge in [-0.3, -0.25) is 0 Å². The molecule has 4 atom stereocenters. The molecule has 1 fully saturated rings. The summed E-state index contributed by atoms with van der Waals surface area (Å²) in [5.41, 5.74) is -1.56. The molecule has 1 heterocycles. The van der Waals surface area contributed by atoms with E-state index >= 15 is 0 Å². The van der Waals surface area contributed by atoms with E-state index in [1.165, 1.54) is 0 Å². The van der Waals surface area contributed by atoms with Gasteiger partial charge in [0.05, 0.1) is 33.8 Å². The molecule has 1 aliphatic heterocycles. The van der Waals surface area contributed by atoms with Crippen molar-refractivity contribution in [2.24, 2.45) is 5.92 Å². The van der Waals surface area contributed by atoms with Crippen molar-refractivity contribution >= 4 is 7.85 Å². The van der Waals surface area contributed by atoms with Crippen LogP contribution in [0, 0.1) is 5.92 Å². The van der Waals surface area contributed by atoms with Gasteiger partial charge in [0.25, 0.3) is 0 Å². The minimum atomic E-state index is -1.56. The highest BCUT2D eigenvalue weighted by atomic mass is 16.5. The summed E-state index contributed by atoms with van der Waals surface area (Å²) in [6.07, 6.45) is -1.02. The van der Waals surface area contributed by atoms with Crippen molar-refractivity contribution in [2.45, 2.75) is 24.4 Å². The molecule has 0 aromatic rings. The Labute approximate surface area is 78.9 Å². The van der Waals surface area contributed by atoms with Crippen molar-refractivity contribution in [3.05, 3.63) is 0 Å². The van der Waals surface area contributed by atoms with E-state index in [9.17, 15) is 10.2 Å². The molecule has 1 rings (SSSR count). The van der Waals surface area contributed by atoms with Crippen LogP contribution in [0.3, 0.4) is 0 Å². The van der Waals surface area contributed by atoms with Crippen LogP contribution in [0.4, 0.5) is 0 Å². The van der Waals surface area contributed by atoms with Crippen LogP contribution in [-0.2, 0) is 4.74 Å². The summed E-state index contributed by atoms with van der Waals surface area (Å²) >= 11 is 0. The van der Waals surface area contributed by atoms with E-state index in [2.05, 4.69) is 0 Å². The summed E-state index contributed by atoms with van der Waals surface area (Å²) in [7, 11) is 5.60. The fraction of sp³-hybridized carbons (Fsp3) is 1.00. The Hall–Kier alpha value is -0.0951. The van der Waals surface area contributed by atoms with Crippen LogP contribution in [0.25, 0.3) is 0 Å². The van der Waals surface area contributed by atoms with Crippen molar-refractivity contribution in [3.8, 4) is 0 Å². The number of rotatable bonds is 2. The second-order valence-electron chi connectivity index (χ2n) is 3.74. The summed E-state index contributed by atoms with van der Waals surface area (Å²) < 4.78 is 5.07. The van der Waals surface area contributed by atoms with Crippen LogP contribution < -0.4 is 0 Å². The molecular weight excluding hydrogens is 171 g/mol. The highest BCUT2D eigenvalue weighted by molar-refractivity contribution is 6.11. The van der Waals surface area contributed by atoms with Crippen LogP contribution in [0.15, 0.2) is 0 Å². The van der Waals surface area contributed by atoms with E-state index in [1.54, 1.807) is 6.92 Å². The maximum absolute atomic E-state index is 9.69. The molecule has 0 saturated carbocycles. The lowest BCUT2D eigenvalue weighted by atomic mass is 9.71. The van der Waals surface area contributed by atoms with Gasteiger partial charge in [-0.2, -0.15) is 0 Å². The Morgan fingerprint density at radius 2 is 2.31 bits per heavy atom. The van der Waals surface area contributed by atoms with Gasteiger partial charge < -0.3 is 20.1 Å². The largest absolute Gasteiger partial charge is 0.393 e. The third-order valence-corrected chi connectivity index (χ3v) is 2.57. The summed E-state index contributed by atoms with van der Waals surface area (Å²) in [6, 6.07) is 0. The third kappa shape index (κ3) is 2.04. The zero-order valence-corrected chi connectivity index (χ0v) is 7.68. The summed E-state index contributed by atoms with van der Waals surface area (Å²) in [5.74, 6) is -0.598. The fourth-order valence-corrected chi connectivity index (χ4v) is 1.53. The van der Waals surface area contributed by atoms with Gasteiger partial charge >= 0.3 is 0 Å². The molecule has 13 heavy (non-hydrogen) atoms. The van der Waals surface area contributed by atoms with Crippen LogP contribution in [0.2, 0.25) is 5.82 Å². The smallest absolute Gasteiger partial charge is 0.137 e. The average Bonchev–Trinajstić information content (AvgIpc) is 2.09. The fourth-order valence-electron chi connectivity index (χ4n) is 1.53. The minimum absolute atomic E-state index is 0.0477. The van der Waals surface area contributed by atoms with Gasteiger partial charge in [-0.1, -0.05) is 12.7 Å². The second kappa shape index (κ2) is 3.96. The highest BCUT2D eigenvalue weighted by Gasteiger charge is 2.44. The lowest BCUT2D eigenvalue weighted by molar-refractivity contribution is -0.201. The van der Waals surface area contributed by atoms with Crippen LogP contribution in [0.1, 0.15) is 6.92 Å². The van der Waals surface area contributed by atoms with E-state index in [0.29, 0.717) is 6.61 Å². The zero-order chi connectivity index (χ0) is 10.1. The third-order valence-electron chi connectivity index (χ3n) is 2.57. The van der Waals surface area contributed by atoms with Gasteiger partial charge in [-0.05, 0) is 0 Å². The minimum Gasteiger partial charge on any atom is -0.393 e. The first-order valence-electron chi connectivity index (χ1n) is 4.36. The normalized spacial score (nSPS) is 43.1. The number of ether oxygens (including phenoxy) is 1. The van der Waals surface area contributed by atoms with Gasteiger partial charge in [-0.15, -0.1) is 0 Å². The molecule has 5 heteroatoms. The molecule has 0 bridgehead atoms. The first-order chi connectivity index (χ1) is 6.01. The molecule has 3 unspecified atom stereocenters. The standard InChI is InChI=1S/C8H15BO4/c1-5(9)6-2-13-4-8(12,3-10)7(6)11/h5-7,10-12H,2-4H2,1H3/t5?,6?,7?,8-/m0/s1. The number of aliphatic hydroxyl groups excluding tert-OH is 2. The van der Waals surface area contributed by atoms with Crippen molar-refractivity contribution in [1.29, 1.82) is 0 Å². The SMILES string of the molecule is [B]C(C)C1COC[C@@](O)(CO)C1O. The van der Waals surface area contributed by atoms with Gasteiger partial charge in [0.1, 0.15) is 5.60 Å². The Balaban J connectivity index is 2.71. The van der Waals surface area contributed by atoms with Crippen LogP contribution in [-0.4, -0.2) is 54.7 Å². The predicted octanol–water partition coefficient (Wildman–Crippen LogP) is -1.31. The first kappa shape index (κ1) is 11.0. The van der Waals surface area contributed by atoms with E-state index in [0.717, 1.165) is 0 Å². The molecule has 1 aliphatic rings. The Bertz CT molecular complexity index is 176. The van der Waals surface area contributed by atoms with E-state index < -0.39 is 18.3 Å². The van der Waals surface area contributed by atoms with E-state index in [-0.39, 0.29) is 18.3 Å². The van der Waals surface area contributed by atoms with Gasteiger partial charge in [0.2, 0.25) is 0 Å².